The molecule has 0 radical (unpaired) electrons. The highest BCUT2D eigenvalue weighted by Gasteiger charge is 2.10. The summed E-state index contributed by atoms with van der Waals surface area (Å²) in [6, 6.07) is 8.07. The molecule has 0 aliphatic heterocycles. The molecule has 2 rings (SSSR count). The lowest BCUT2D eigenvalue weighted by molar-refractivity contribution is 0.458. The third-order valence-electron chi connectivity index (χ3n) is 2.22. The molecule has 1 aromatic carbocycles. The van der Waals surface area contributed by atoms with E-state index in [2.05, 4.69) is 36.8 Å². The van der Waals surface area contributed by atoms with Crippen molar-refractivity contribution in [1.82, 2.24) is 4.98 Å². The van der Waals surface area contributed by atoms with Gasteiger partial charge in [0.05, 0.1) is 9.37 Å². The van der Waals surface area contributed by atoms with Crippen LogP contribution in [-0.4, -0.2) is 19.7 Å². The van der Waals surface area contributed by atoms with Gasteiger partial charge in [-0.3, -0.25) is 0 Å². The Hall–Kier alpha value is -0.920. The maximum atomic E-state index is 11.5. The molecular weight excluding hydrogens is 398 g/mol. The number of hydrogen-bond donors (Lipinski definition) is 0. The zero-order valence-corrected chi connectivity index (χ0v) is 13.8. The molecule has 1 heterocycles. The van der Waals surface area contributed by atoms with Gasteiger partial charge in [-0.05, 0) is 56.1 Å². The second-order valence-electron chi connectivity index (χ2n) is 3.79. The number of sulfone groups is 1. The average Bonchev–Trinajstić information content (AvgIpc) is 2.32. The highest BCUT2D eigenvalue weighted by atomic mass is 79.9. The largest absolute Gasteiger partial charge is 0.438 e. The normalized spacial score (nSPS) is 11.3. The van der Waals surface area contributed by atoms with Crippen LogP contribution in [0.3, 0.4) is 0 Å². The predicted molar refractivity (Wildman–Crippen MR) is 79.3 cm³/mol. The van der Waals surface area contributed by atoms with E-state index in [-0.39, 0.29) is 4.90 Å². The molecule has 0 N–H and O–H groups in total. The standard InChI is InChI=1S/C12H9Br2NO3S/c1-19(16,17)10-4-2-3-9(6-10)18-12-11(14)5-8(13)7-15-12/h2-7H,1H3. The van der Waals surface area contributed by atoms with Crippen LogP contribution in [-0.2, 0) is 9.84 Å². The molecule has 0 spiro atoms. The second-order valence-corrected chi connectivity index (χ2v) is 7.58. The molecule has 0 aliphatic rings. The molecule has 2 aromatic rings. The van der Waals surface area contributed by atoms with Crippen LogP contribution >= 0.6 is 31.9 Å². The third-order valence-corrected chi connectivity index (χ3v) is 4.33. The zero-order chi connectivity index (χ0) is 14.0. The summed E-state index contributed by atoms with van der Waals surface area (Å²) < 4.78 is 30.0. The first kappa shape index (κ1) is 14.5. The Kier molecular flexibility index (Phi) is 4.27. The lowest BCUT2D eigenvalue weighted by Crippen LogP contribution is -1.97. The molecular formula is C12H9Br2NO3S. The van der Waals surface area contributed by atoms with Gasteiger partial charge in [0.15, 0.2) is 9.84 Å². The van der Waals surface area contributed by atoms with Crippen molar-refractivity contribution in [2.24, 2.45) is 0 Å². The van der Waals surface area contributed by atoms with Crippen LogP contribution in [0.2, 0.25) is 0 Å². The Morgan fingerprint density at radius 1 is 1.21 bits per heavy atom. The first-order valence-corrected chi connectivity index (χ1v) is 8.63. The molecule has 0 saturated heterocycles. The maximum Gasteiger partial charge on any atom is 0.233 e. The molecule has 7 heteroatoms. The number of benzene rings is 1. The van der Waals surface area contributed by atoms with E-state index in [0.717, 1.165) is 10.7 Å². The van der Waals surface area contributed by atoms with Crippen LogP contribution in [0.25, 0.3) is 0 Å². The van der Waals surface area contributed by atoms with Gasteiger partial charge in [-0.1, -0.05) is 6.07 Å². The molecule has 100 valence electrons. The predicted octanol–water partition coefficient (Wildman–Crippen LogP) is 3.80. The molecule has 0 saturated carbocycles. The van der Waals surface area contributed by atoms with E-state index in [1.807, 2.05) is 0 Å². The summed E-state index contributed by atoms with van der Waals surface area (Å²) in [5.74, 6) is 0.785. The average molecular weight is 407 g/mol. The fourth-order valence-electron chi connectivity index (χ4n) is 1.36. The number of pyridine rings is 1. The van der Waals surface area contributed by atoms with Crippen molar-refractivity contribution >= 4 is 41.7 Å². The monoisotopic (exact) mass is 405 g/mol. The highest BCUT2D eigenvalue weighted by molar-refractivity contribution is 9.11. The number of nitrogens with zero attached hydrogens (tertiary/aromatic N) is 1. The lowest BCUT2D eigenvalue weighted by Gasteiger charge is -2.07. The van der Waals surface area contributed by atoms with Crippen LogP contribution < -0.4 is 4.74 Å². The lowest BCUT2D eigenvalue weighted by atomic mass is 10.3. The quantitative estimate of drug-likeness (QED) is 0.777. The molecule has 0 amide bonds. The van der Waals surface area contributed by atoms with Crippen molar-refractivity contribution in [3.05, 3.63) is 45.5 Å². The van der Waals surface area contributed by atoms with Crippen molar-refractivity contribution in [2.75, 3.05) is 6.26 Å². The van der Waals surface area contributed by atoms with Gasteiger partial charge in [-0.15, -0.1) is 0 Å². The second kappa shape index (κ2) is 5.60. The number of rotatable bonds is 3. The number of aromatic nitrogens is 1. The zero-order valence-electron chi connectivity index (χ0n) is 9.80. The Morgan fingerprint density at radius 2 is 1.95 bits per heavy atom. The van der Waals surface area contributed by atoms with Crippen LogP contribution in [0, 0.1) is 0 Å². The van der Waals surface area contributed by atoms with Crippen molar-refractivity contribution in [2.45, 2.75) is 4.90 Å². The molecule has 19 heavy (non-hydrogen) atoms. The van der Waals surface area contributed by atoms with Crippen molar-refractivity contribution in [3.63, 3.8) is 0 Å². The van der Waals surface area contributed by atoms with Crippen molar-refractivity contribution in [1.29, 1.82) is 0 Å². The smallest absolute Gasteiger partial charge is 0.233 e. The Morgan fingerprint density at radius 3 is 2.58 bits per heavy atom. The summed E-state index contributed by atoms with van der Waals surface area (Å²) in [5.41, 5.74) is 0. The summed E-state index contributed by atoms with van der Waals surface area (Å²) in [6.45, 7) is 0. The van der Waals surface area contributed by atoms with Gasteiger partial charge >= 0.3 is 0 Å². The van der Waals surface area contributed by atoms with Crippen LogP contribution in [0.1, 0.15) is 0 Å². The third kappa shape index (κ3) is 3.77. The van der Waals surface area contributed by atoms with Crippen LogP contribution in [0.4, 0.5) is 0 Å². The molecule has 4 nitrogen and oxygen atoms in total. The van der Waals surface area contributed by atoms with Gasteiger partial charge in [0.1, 0.15) is 5.75 Å². The first-order valence-electron chi connectivity index (χ1n) is 5.15. The first-order chi connectivity index (χ1) is 8.86. The van der Waals surface area contributed by atoms with Crippen LogP contribution in [0.15, 0.2) is 50.4 Å². The van der Waals surface area contributed by atoms with E-state index < -0.39 is 9.84 Å². The molecule has 0 unspecified atom stereocenters. The minimum Gasteiger partial charge on any atom is -0.438 e. The highest BCUT2D eigenvalue weighted by Crippen LogP contribution is 2.30. The molecule has 0 bridgehead atoms. The summed E-state index contributed by atoms with van der Waals surface area (Å²) in [7, 11) is -3.25. The van der Waals surface area contributed by atoms with E-state index in [9.17, 15) is 8.42 Å². The van der Waals surface area contributed by atoms with Gasteiger partial charge in [0, 0.05) is 16.9 Å². The van der Waals surface area contributed by atoms with E-state index in [1.54, 1.807) is 24.4 Å². The topological polar surface area (TPSA) is 56.3 Å². The van der Waals surface area contributed by atoms with Crippen LogP contribution in [0.5, 0.6) is 11.6 Å². The number of ether oxygens (including phenoxy) is 1. The van der Waals surface area contributed by atoms with Crippen molar-refractivity contribution in [3.8, 4) is 11.6 Å². The van der Waals surface area contributed by atoms with Gasteiger partial charge in [-0.2, -0.15) is 0 Å². The Bertz CT molecular complexity index is 717. The summed E-state index contributed by atoms with van der Waals surface area (Å²) in [5, 5.41) is 0. The SMILES string of the molecule is CS(=O)(=O)c1cccc(Oc2ncc(Br)cc2Br)c1. The summed E-state index contributed by atoms with van der Waals surface area (Å²) in [4.78, 5) is 4.31. The molecule has 0 atom stereocenters. The fraction of sp³-hybridized carbons (Fsp3) is 0.0833. The van der Waals surface area contributed by atoms with E-state index in [1.165, 1.54) is 12.1 Å². The summed E-state index contributed by atoms with van der Waals surface area (Å²) >= 11 is 6.62. The Labute approximate surface area is 128 Å². The summed E-state index contributed by atoms with van der Waals surface area (Å²) in [6.07, 6.45) is 2.75. The fourth-order valence-corrected chi connectivity index (χ4v) is 3.08. The number of hydrogen-bond acceptors (Lipinski definition) is 4. The van der Waals surface area contributed by atoms with E-state index in [0.29, 0.717) is 16.1 Å². The molecule has 1 aromatic heterocycles. The maximum absolute atomic E-state index is 11.5. The molecule has 0 fully saturated rings. The van der Waals surface area contributed by atoms with Gasteiger partial charge < -0.3 is 4.74 Å². The number of halogens is 2. The molecule has 0 aliphatic carbocycles. The van der Waals surface area contributed by atoms with E-state index >= 15 is 0 Å². The van der Waals surface area contributed by atoms with Gasteiger partial charge in [0.2, 0.25) is 5.88 Å². The Balaban J connectivity index is 2.34. The van der Waals surface area contributed by atoms with E-state index in [4.69, 9.17) is 4.74 Å². The van der Waals surface area contributed by atoms with Gasteiger partial charge in [-0.25, -0.2) is 13.4 Å². The minimum atomic E-state index is -3.25. The minimum absolute atomic E-state index is 0.207. The van der Waals surface area contributed by atoms with Crippen molar-refractivity contribution < 1.29 is 13.2 Å². The van der Waals surface area contributed by atoms with Gasteiger partial charge in [0.25, 0.3) is 0 Å².